The van der Waals surface area contributed by atoms with Crippen LogP contribution in [0.5, 0.6) is 0 Å². The number of ether oxygens (including phenoxy) is 1. The molecule has 1 amide bonds. The molecule has 0 aromatic rings. The number of phosphoric ester groups is 1. The number of esters is 1. The molecule has 0 aromatic heterocycles. The normalized spacial score (nSPS) is 14.0. The molecule has 3 unspecified atom stereocenters. The third-order valence-electron chi connectivity index (χ3n) is 9.49. The smallest absolute Gasteiger partial charge is 0.472 e. The molecule has 0 aliphatic heterocycles. The predicted molar refractivity (Wildman–Crippen MR) is 222 cm³/mol. The molecule has 11 nitrogen and oxygen atoms in total. The summed E-state index contributed by atoms with van der Waals surface area (Å²) >= 11 is 0. The van der Waals surface area contributed by atoms with Crippen LogP contribution in [0.25, 0.3) is 0 Å². The maximum atomic E-state index is 12.3. The van der Waals surface area contributed by atoms with Crippen LogP contribution in [0, 0.1) is 0 Å². The minimum atomic E-state index is -4.75. The molecule has 55 heavy (non-hydrogen) atoms. The van der Waals surface area contributed by atoms with Crippen molar-refractivity contribution in [2.24, 2.45) is 0 Å². The molecule has 0 saturated carbocycles. The Labute approximate surface area is 334 Å². The first kappa shape index (κ1) is 53.0. The highest BCUT2D eigenvalue weighted by atomic mass is 31.2. The van der Waals surface area contributed by atoms with Crippen LogP contribution in [0.1, 0.15) is 200 Å². The van der Waals surface area contributed by atoms with E-state index in [0.29, 0.717) is 12.8 Å². The fourth-order valence-electron chi connectivity index (χ4n) is 6.05. The first-order chi connectivity index (χ1) is 26.6. The fraction of sp³-hybridized carbons (Fsp3) is 0.837. The lowest BCUT2D eigenvalue weighted by atomic mass is 10.0. The summed E-state index contributed by atoms with van der Waals surface area (Å²) in [5.41, 5.74) is 0. The number of carbonyl (C=O) groups excluding carboxylic acids is 2. The van der Waals surface area contributed by atoms with Crippen molar-refractivity contribution < 1.29 is 47.8 Å². The Balaban J connectivity index is 3.90. The molecular formula is C43H80NO10P. The number of hydrogen-bond donors (Lipinski definition) is 4. The summed E-state index contributed by atoms with van der Waals surface area (Å²) in [6, 6.07) is -1.55. The molecule has 322 valence electrons. The van der Waals surface area contributed by atoms with Crippen LogP contribution in [0.4, 0.5) is 0 Å². The van der Waals surface area contributed by atoms with E-state index in [1.165, 1.54) is 96.3 Å². The van der Waals surface area contributed by atoms with Crippen molar-refractivity contribution in [1.82, 2.24) is 5.32 Å². The molecular weight excluding hydrogens is 721 g/mol. The van der Waals surface area contributed by atoms with Gasteiger partial charge in [-0.25, -0.2) is 9.36 Å². The summed E-state index contributed by atoms with van der Waals surface area (Å²) in [4.78, 5) is 45.9. The molecule has 0 bridgehead atoms. The Morgan fingerprint density at radius 3 is 1.51 bits per heavy atom. The highest BCUT2D eigenvalue weighted by molar-refractivity contribution is 7.47. The maximum Gasteiger partial charge on any atom is 0.472 e. The van der Waals surface area contributed by atoms with Gasteiger partial charge in [-0.2, -0.15) is 0 Å². The van der Waals surface area contributed by atoms with Crippen molar-refractivity contribution in [3.05, 3.63) is 24.3 Å². The highest BCUT2D eigenvalue weighted by Crippen LogP contribution is 2.43. The number of phosphoric acid groups is 1. The van der Waals surface area contributed by atoms with E-state index in [1.54, 1.807) is 0 Å². The van der Waals surface area contributed by atoms with Crippen LogP contribution in [0.2, 0.25) is 0 Å². The van der Waals surface area contributed by atoms with Gasteiger partial charge in [-0.15, -0.1) is 0 Å². The molecule has 0 saturated heterocycles. The van der Waals surface area contributed by atoms with E-state index in [2.05, 4.69) is 43.5 Å². The second kappa shape index (κ2) is 38.8. The standard InChI is InChI=1S/C43H80NO10P/c1-3-5-7-9-11-13-15-17-19-21-23-25-27-29-31-33-35-42(47)52-36-39(45)37-53-55(50,51)54-38-40(43(48)49)44-41(46)34-32-30-28-26-24-22-20-18-16-14-12-10-8-6-4-2/h12,14,18,20,39-40,45H,3-11,13,15-17,19,21-38H2,1-2H3,(H,44,46)(H,48,49)(H,50,51)/b14-12-,20-18-. The lowest BCUT2D eigenvalue weighted by Crippen LogP contribution is -2.43. The number of carboxylic acid groups (broad SMARTS) is 1. The van der Waals surface area contributed by atoms with E-state index in [-0.39, 0.29) is 12.8 Å². The number of rotatable bonds is 41. The Kier molecular flexibility index (Phi) is 37.4. The van der Waals surface area contributed by atoms with E-state index < -0.39 is 57.6 Å². The van der Waals surface area contributed by atoms with Gasteiger partial charge in [0.1, 0.15) is 12.7 Å². The molecule has 3 atom stereocenters. The van der Waals surface area contributed by atoms with Crippen LogP contribution < -0.4 is 5.32 Å². The van der Waals surface area contributed by atoms with Gasteiger partial charge in [-0.3, -0.25) is 18.6 Å². The van der Waals surface area contributed by atoms with Gasteiger partial charge in [-0.05, 0) is 44.9 Å². The summed E-state index contributed by atoms with van der Waals surface area (Å²) in [5, 5.41) is 21.8. The number of carboxylic acids is 1. The molecule has 0 spiro atoms. The van der Waals surface area contributed by atoms with E-state index in [9.17, 15) is 34.1 Å². The third kappa shape index (κ3) is 38.6. The zero-order valence-corrected chi connectivity index (χ0v) is 35.6. The summed E-state index contributed by atoms with van der Waals surface area (Å²) in [5.74, 6) is -2.38. The Morgan fingerprint density at radius 2 is 1.00 bits per heavy atom. The average Bonchev–Trinajstić information content (AvgIpc) is 3.16. The van der Waals surface area contributed by atoms with Crippen LogP contribution >= 0.6 is 7.82 Å². The van der Waals surface area contributed by atoms with Crippen LogP contribution in [-0.2, 0) is 32.7 Å². The Hall–Kier alpha value is -2.04. The first-order valence-electron chi connectivity index (χ1n) is 21.9. The summed E-state index contributed by atoms with van der Waals surface area (Å²) < 4.78 is 26.8. The Bertz CT molecular complexity index is 1040. The van der Waals surface area contributed by atoms with Crippen molar-refractivity contribution in [2.45, 2.75) is 212 Å². The largest absolute Gasteiger partial charge is 0.480 e. The Morgan fingerprint density at radius 1 is 0.582 bits per heavy atom. The van der Waals surface area contributed by atoms with Crippen molar-refractivity contribution >= 4 is 25.7 Å². The molecule has 12 heteroatoms. The van der Waals surface area contributed by atoms with E-state index in [4.69, 9.17) is 13.8 Å². The van der Waals surface area contributed by atoms with E-state index >= 15 is 0 Å². The fourth-order valence-corrected chi connectivity index (χ4v) is 6.82. The molecule has 0 aliphatic rings. The van der Waals surface area contributed by atoms with Gasteiger partial charge in [0.15, 0.2) is 6.04 Å². The van der Waals surface area contributed by atoms with Gasteiger partial charge >= 0.3 is 19.8 Å². The van der Waals surface area contributed by atoms with Crippen LogP contribution in [0.3, 0.4) is 0 Å². The minimum absolute atomic E-state index is 0.131. The second-order valence-electron chi connectivity index (χ2n) is 14.9. The second-order valence-corrected chi connectivity index (χ2v) is 16.3. The number of aliphatic hydroxyl groups is 1. The van der Waals surface area contributed by atoms with Gasteiger partial charge in [0.05, 0.1) is 13.2 Å². The number of unbranched alkanes of at least 4 members (excludes halogenated alkanes) is 23. The topological polar surface area (TPSA) is 169 Å². The number of amides is 1. The summed E-state index contributed by atoms with van der Waals surface area (Å²) in [6.07, 6.45) is 39.1. The molecule has 0 aliphatic carbocycles. The molecule has 0 rings (SSSR count). The lowest BCUT2D eigenvalue weighted by Gasteiger charge is -2.18. The number of nitrogens with one attached hydrogen (secondary N) is 1. The zero-order valence-electron chi connectivity index (χ0n) is 34.7. The molecule has 0 radical (unpaired) electrons. The van der Waals surface area contributed by atoms with Crippen LogP contribution in [-0.4, -0.2) is 64.9 Å². The summed E-state index contributed by atoms with van der Waals surface area (Å²) in [7, 11) is -4.75. The summed E-state index contributed by atoms with van der Waals surface area (Å²) in [6.45, 7) is 2.57. The minimum Gasteiger partial charge on any atom is -0.480 e. The zero-order chi connectivity index (χ0) is 40.7. The molecule has 0 aromatic carbocycles. The number of aliphatic hydroxyl groups excluding tert-OH is 1. The molecule has 0 fully saturated rings. The number of hydrogen-bond acceptors (Lipinski definition) is 8. The van der Waals surface area contributed by atoms with Crippen molar-refractivity contribution in [3.63, 3.8) is 0 Å². The van der Waals surface area contributed by atoms with Gasteiger partial charge in [-0.1, -0.05) is 167 Å². The van der Waals surface area contributed by atoms with Gasteiger partial charge < -0.3 is 25.2 Å². The maximum absolute atomic E-state index is 12.3. The number of aliphatic carboxylic acids is 1. The van der Waals surface area contributed by atoms with Crippen molar-refractivity contribution in [3.8, 4) is 0 Å². The highest BCUT2D eigenvalue weighted by Gasteiger charge is 2.28. The quantitative estimate of drug-likeness (QED) is 0.0202. The SMILES string of the molecule is CCCCC/C=C\C/C=C\CCCCCCCC(=O)NC(COP(=O)(O)OCC(O)COC(=O)CCCCCCCCCCCCCCCCCC)C(=O)O. The van der Waals surface area contributed by atoms with Gasteiger partial charge in [0.2, 0.25) is 5.91 Å². The lowest BCUT2D eigenvalue weighted by molar-refractivity contribution is -0.147. The van der Waals surface area contributed by atoms with E-state index in [1.807, 2.05) is 0 Å². The number of allylic oxidation sites excluding steroid dienone is 4. The van der Waals surface area contributed by atoms with E-state index in [0.717, 1.165) is 64.2 Å². The third-order valence-corrected chi connectivity index (χ3v) is 10.4. The first-order valence-corrected chi connectivity index (χ1v) is 23.4. The van der Waals surface area contributed by atoms with Gasteiger partial charge in [0, 0.05) is 12.8 Å². The monoisotopic (exact) mass is 802 g/mol. The van der Waals surface area contributed by atoms with Crippen molar-refractivity contribution in [1.29, 1.82) is 0 Å². The number of carbonyl (C=O) groups is 3. The van der Waals surface area contributed by atoms with Crippen molar-refractivity contribution in [2.75, 3.05) is 19.8 Å². The molecule has 4 N–H and O–H groups in total. The average molecular weight is 802 g/mol. The van der Waals surface area contributed by atoms with Crippen LogP contribution in [0.15, 0.2) is 24.3 Å². The molecule has 0 heterocycles. The predicted octanol–water partition coefficient (Wildman–Crippen LogP) is 11.1. The van der Waals surface area contributed by atoms with Gasteiger partial charge in [0.25, 0.3) is 0 Å².